The Hall–Kier alpha value is -1.79. The summed E-state index contributed by atoms with van der Waals surface area (Å²) >= 11 is 0. The molecular weight excluding hydrogens is 668 g/mol. The zero-order valence-corrected chi connectivity index (χ0v) is 32.8. The second kappa shape index (κ2) is 32.6. The molecule has 1 heterocycles. The first-order chi connectivity index (χ1) is 25.2. The maximum Gasteiger partial charge on any atom is 0.335 e. The fourth-order valence-corrected chi connectivity index (χ4v) is 6.59. The lowest BCUT2D eigenvalue weighted by molar-refractivity contribution is -0.298. The number of carboxylic acid groups (broad SMARTS) is 1. The topological polar surface area (TPSA) is 169 Å². The van der Waals surface area contributed by atoms with Crippen LogP contribution >= 0.6 is 0 Å². The van der Waals surface area contributed by atoms with Crippen LogP contribution in [0.5, 0.6) is 0 Å². The van der Waals surface area contributed by atoms with Crippen LogP contribution in [-0.2, 0) is 33.3 Å². The Morgan fingerprint density at radius 3 is 1.31 bits per heavy atom. The summed E-state index contributed by atoms with van der Waals surface area (Å²) in [5.74, 6) is -2.43. The number of unbranched alkanes of at least 4 members (excludes halogenated alkanes) is 24. The third-order valence-electron chi connectivity index (χ3n) is 9.96. The van der Waals surface area contributed by atoms with Crippen molar-refractivity contribution in [1.29, 1.82) is 0 Å². The van der Waals surface area contributed by atoms with E-state index in [9.17, 15) is 34.8 Å². The number of aliphatic carboxylic acids is 1. The second-order valence-electron chi connectivity index (χ2n) is 14.8. The molecule has 1 aliphatic heterocycles. The predicted octanol–water partition coefficient (Wildman–Crippen LogP) is 8.31. The molecule has 306 valence electrons. The molecule has 0 amide bonds. The van der Waals surface area contributed by atoms with Gasteiger partial charge in [-0.15, -0.1) is 0 Å². The summed E-state index contributed by atoms with van der Waals surface area (Å²) < 4.78 is 21.7. The third kappa shape index (κ3) is 24.5. The molecule has 6 atom stereocenters. The maximum absolute atomic E-state index is 12.7. The van der Waals surface area contributed by atoms with Gasteiger partial charge < -0.3 is 39.4 Å². The van der Waals surface area contributed by atoms with E-state index < -0.39 is 54.7 Å². The van der Waals surface area contributed by atoms with E-state index in [0.717, 1.165) is 38.5 Å². The van der Waals surface area contributed by atoms with E-state index in [1.165, 1.54) is 116 Å². The number of aliphatic hydroxyl groups is 3. The summed E-state index contributed by atoms with van der Waals surface area (Å²) in [4.78, 5) is 36.7. The number of aliphatic hydroxyl groups excluding tert-OH is 3. The number of esters is 2. The summed E-state index contributed by atoms with van der Waals surface area (Å²) in [6.07, 6.45) is 21.6. The molecular formula is C41H76O11. The zero-order valence-electron chi connectivity index (χ0n) is 32.8. The van der Waals surface area contributed by atoms with Crippen molar-refractivity contribution in [3.05, 3.63) is 0 Å². The van der Waals surface area contributed by atoms with Crippen molar-refractivity contribution >= 4 is 17.9 Å². The van der Waals surface area contributed by atoms with Gasteiger partial charge in [-0.1, -0.05) is 168 Å². The molecule has 0 radical (unpaired) electrons. The van der Waals surface area contributed by atoms with Gasteiger partial charge in [0.2, 0.25) is 0 Å². The highest BCUT2D eigenvalue weighted by Crippen LogP contribution is 2.23. The summed E-state index contributed by atoms with van der Waals surface area (Å²) in [7, 11) is 0. The lowest BCUT2D eigenvalue weighted by Crippen LogP contribution is -2.60. The van der Waals surface area contributed by atoms with E-state index >= 15 is 0 Å². The van der Waals surface area contributed by atoms with Gasteiger partial charge >= 0.3 is 17.9 Å². The van der Waals surface area contributed by atoms with Crippen LogP contribution in [0.25, 0.3) is 0 Å². The molecule has 11 heteroatoms. The van der Waals surface area contributed by atoms with Gasteiger partial charge in [0.25, 0.3) is 0 Å². The smallest absolute Gasteiger partial charge is 0.335 e. The molecule has 1 rings (SSSR count). The number of carbonyl (C=O) groups excluding carboxylic acids is 2. The maximum atomic E-state index is 12.7. The van der Waals surface area contributed by atoms with Gasteiger partial charge in [0.05, 0.1) is 6.61 Å². The molecule has 0 aromatic rings. The minimum atomic E-state index is -1.85. The molecule has 1 saturated heterocycles. The number of hydrogen-bond acceptors (Lipinski definition) is 10. The number of carbonyl (C=O) groups is 3. The average Bonchev–Trinajstić information content (AvgIpc) is 3.12. The highest BCUT2D eigenvalue weighted by Gasteiger charge is 2.47. The Balaban J connectivity index is 2.39. The molecule has 1 aliphatic rings. The monoisotopic (exact) mass is 745 g/mol. The lowest BCUT2D eigenvalue weighted by Gasteiger charge is -2.38. The van der Waals surface area contributed by atoms with Crippen LogP contribution in [-0.4, -0.2) is 88.4 Å². The third-order valence-corrected chi connectivity index (χ3v) is 9.96. The normalized spacial score (nSPS) is 20.8. The van der Waals surface area contributed by atoms with Crippen LogP contribution in [0.4, 0.5) is 0 Å². The van der Waals surface area contributed by atoms with Gasteiger partial charge in [0.15, 0.2) is 18.5 Å². The fourth-order valence-electron chi connectivity index (χ4n) is 6.59. The Bertz CT molecular complexity index is 885. The fraction of sp³-hybridized carbons (Fsp3) is 0.927. The average molecular weight is 745 g/mol. The van der Waals surface area contributed by atoms with Crippen LogP contribution in [0.15, 0.2) is 0 Å². The van der Waals surface area contributed by atoms with Crippen LogP contribution < -0.4 is 0 Å². The number of ether oxygens (including phenoxy) is 4. The van der Waals surface area contributed by atoms with Gasteiger partial charge in [0.1, 0.15) is 24.9 Å². The predicted molar refractivity (Wildman–Crippen MR) is 202 cm³/mol. The van der Waals surface area contributed by atoms with Gasteiger partial charge in [-0.3, -0.25) is 9.59 Å². The first-order valence-corrected chi connectivity index (χ1v) is 21.1. The molecule has 0 unspecified atom stereocenters. The Labute approximate surface area is 314 Å². The number of rotatable bonds is 35. The summed E-state index contributed by atoms with van der Waals surface area (Å²) in [6.45, 7) is 3.81. The SMILES string of the molecule is CCCCCCCCCCCCCCCC(=O)OC[C@H](CO[C@H]1O[C@H](C(=O)O)[C@@H](O)[C@H](O)[C@H]1O)OC(=O)CCCCCCCCCCCCCCC. The molecule has 1 fully saturated rings. The van der Waals surface area contributed by atoms with E-state index in [1.807, 2.05) is 0 Å². The quantitative estimate of drug-likeness (QED) is 0.0364. The van der Waals surface area contributed by atoms with Crippen LogP contribution in [0.2, 0.25) is 0 Å². The van der Waals surface area contributed by atoms with Gasteiger partial charge in [-0.25, -0.2) is 4.79 Å². The van der Waals surface area contributed by atoms with Crippen molar-refractivity contribution in [3.8, 4) is 0 Å². The van der Waals surface area contributed by atoms with Crippen LogP contribution in [0, 0.1) is 0 Å². The largest absolute Gasteiger partial charge is 0.479 e. The van der Waals surface area contributed by atoms with Crippen molar-refractivity contribution < 1.29 is 53.8 Å². The molecule has 52 heavy (non-hydrogen) atoms. The second-order valence-corrected chi connectivity index (χ2v) is 14.8. The first-order valence-electron chi connectivity index (χ1n) is 21.1. The van der Waals surface area contributed by atoms with Crippen molar-refractivity contribution in [2.24, 2.45) is 0 Å². The molecule has 0 bridgehead atoms. The summed E-state index contributed by atoms with van der Waals surface area (Å²) in [5.41, 5.74) is 0. The molecule has 0 aromatic heterocycles. The molecule has 0 aromatic carbocycles. The molecule has 0 saturated carbocycles. The van der Waals surface area contributed by atoms with Crippen molar-refractivity contribution in [2.45, 2.75) is 230 Å². The summed E-state index contributed by atoms with van der Waals surface area (Å²) in [5, 5.41) is 39.7. The Morgan fingerprint density at radius 1 is 0.519 bits per heavy atom. The van der Waals surface area contributed by atoms with Crippen LogP contribution in [0.3, 0.4) is 0 Å². The lowest BCUT2D eigenvalue weighted by atomic mass is 9.99. The number of carboxylic acids is 1. The minimum absolute atomic E-state index is 0.190. The zero-order chi connectivity index (χ0) is 38.2. The van der Waals surface area contributed by atoms with Gasteiger partial charge in [0, 0.05) is 12.8 Å². The van der Waals surface area contributed by atoms with Crippen molar-refractivity contribution in [1.82, 2.24) is 0 Å². The Kier molecular flexibility index (Phi) is 30.3. The van der Waals surface area contributed by atoms with E-state index in [4.69, 9.17) is 18.9 Å². The van der Waals surface area contributed by atoms with Gasteiger partial charge in [-0.2, -0.15) is 0 Å². The van der Waals surface area contributed by atoms with Crippen LogP contribution in [0.1, 0.15) is 194 Å². The highest BCUT2D eigenvalue weighted by molar-refractivity contribution is 5.73. The minimum Gasteiger partial charge on any atom is -0.479 e. The number of hydrogen-bond donors (Lipinski definition) is 4. The first kappa shape index (κ1) is 48.2. The molecule has 4 N–H and O–H groups in total. The van der Waals surface area contributed by atoms with E-state index in [-0.39, 0.29) is 26.1 Å². The summed E-state index contributed by atoms with van der Waals surface area (Å²) in [6, 6.07) is 0. The standard InChI is InChI=1S/C41H76O11/c1-3-5-7-9-11-13-15-17-19-21-23-25-27-29-34(42)49-31-33(32-50-41-38(46)36(44)37(45)39(52-41)40(47)48)51-35(43)30-28-26-24-22-20-18-16-14-12-10-8-6-4-2/h33,36-39,41,44-46H,3-32H2,1-2H3,(H,47,48)/t33-,36+,37+,38-,39+,41+/m1/s1. The van der Waals surface area contributed by atoms with Crippen molar-refractivity contribution in [3.63, 3.8) is 0 Å². The van der Waals surface area contributed by atoms with Gasteiger partial charge in [-0.05, 0) is 12.8 Å². The molecule has 0 aliphatic carbocycles. The van der Waals surface area contributed by atoms with Crippen molar-refractivity contribution in [2.75, 3.05) is 13.2 Å². The molecule has 0 spiro atoms. The van der Waals surface area contributed by atoms with E-state index in [1.54, 1.807) is 0 Å². The van der Waals surface area contributed by atoms with E-state index in [0.29, 0.717) is 12.8 Å². The van der Waals surface area contributed by atoms with E-state index in [2.05, 4.69) is 13.8 Å². The Morgan fingerprint density at radius 2 is 0.904 bits per heavy atom. The highest BCUT2D eigenvalue weighted by atomic mass is 16.7. The molecule has 11 nitrogen and oxygen atoms in total.